The summed E-state index contributed by atoms with van der Waals surface area (Å²) < 4.78 is 40.3. The highest BCUT2D eigenvalue weighted by atomic mass is 35.5. The third-order valence-electron chi connectivity index (χ3n) is 6.74. The fourth-order valence-electron chi connectivity index (χ4n) is 4.81. The van der Waals surface area contributed by atoms with Crippen molar-refractivity contribution in [1.82, 2.24) is 19.7 Å². The van der Waals surface area contributed by atoms with E-state index < -0.39 is 17.8 Å². The van der Waals surface area contributed by atoms with Gasteiger partial charge < -0.3 is 9.80 Å². The van der Waals surface area contributed by atoms with Gasteiger partial charge in [-0.15, -0.1) is 0 Å². The van der Waals surface area contributed by atoms with E-state index in [0.717, 1.165) is 17.8 Å². The standard InChI is InChI=1S/C28H24ClF3N6O2/c1-2-36(23-17-38(35-26(23)29)19-6-5-13-33-15-19)25(39)12-10-21-20-7-3-4-8-22(20)37(27(21)40)16-18-9-11-24(34-14-18)28(30,31)32/h3-9,11,13-15,17,21H,2,10,12,16H2,1H3. The molecule has 40 heavy (non-hydrogen) atoms. The first-order chi connectivity index (χ1) is 19.2. The van der Waals surface area contributed by atoms with Gasteiger partial charge in [-0.05, 0) is 48.7 Å². The first-order valence-electron chi connectivity index (χ1n) is 12.6. The van der Waals surface area contributed by atoms with Crippen molar-refractivity contribution in [3.05, 3.63) is 95.3 Å². The van der Waals surface area contributed by atoms with Crippen LogP contribution in [-0.4, -0.2) is 38.1 Å². The molecule has 0 saturated heterocycles. The molecule has 3 aromatic heterocycles. The Bertz CT molecular complexity index is 1530. The highest BCUT2D eigenvalue weighted by Crippen LogP contribution is 2.41. The second-order valence-corrected chi connectivity index (χ2v) is 9.58. The van der Waals surface area contributed by atoms with Gasteiger partial charge in [0.2, 0.25) is 11.8 Å². The van der Waals surface area contributed by atoms with Crippen LogP contribution in [0.3, 0.4) is 0 Å². The Labute approximate surface area is 233 Å². The highest BCUT2D eigenvalue weighted by molar-refractivity contribution is 6.32. The summed E-state index contributed by atoms with van der Waals surface area (Å²) in [7, 11) is 0. The van der Waals surface area contributed by atoms with E-state index in [1.54, 1.807) is 41.5 Å². The summed E-state index contributed by atoms with van der Waals surface area (Å²) in [5.74, 6) is -1.01. The summed E-state index contributed by atoms with van der Waals surface area (Å²) in [5, 5.41) is 4.46. The molecule has 1 aliphatic rings. The van der Waals surface area contributed by atoms with Crippen molar-refractivity contribution in [2.75, 3.05) is 16.3 Å². The number of para-hydroxylation sites is 1. The number of hydrogen-bond acceptors (Lipinski definition) is 5. The van der Waals surface area contributed by atoms with Gasteiger partial charge in [-0.25, -0.2) is 4.68 Å². The molecule has 0 N–H and O–H groups in total. The van der Waals surface area contributed by atoms with Crippen molar-refractivity contribution in [2.45, 2.75) is 38.4 Å². The molecular formula is C28H24ClF3N6O2. The minimum atomic E-state index is -4.54. The number of halogens is 4. The number of hydrogen-bond donors (Lipinski definition) is 0. The molecule has 1 aromatic carbocycles. The molecule has 1 aliphatic heterocycles. The van der Waals surface area contributed by atoms with Gasteiger partial charge in [0.25, 0.3) is 0 Å². The number of nitrogens with zero attached hydrogens (tertiary/aromatic N) is 6. The van der Waals surface area contributed by atoms with E-state index in [-0.39, 0.29) is 36.4 Å². The number of fused-ring (bicyclic) bond motifs is 1. The number of alkyl halides is 3. The molecule has 1 unspecified atom stereocenters. The molecule has 0 bridgehead atoms. The molecule has 0 spiro atoms. The zero-order chi connectivity index (χ0) is 28.4. The van der Waals surface area contributed by atoms with Crippen LogP contribution in [0.25, 0.3) is 5.69 Å². The van der Waals surface area contributed by atoms with Crippen LogP contribution >= 0.6 is 11.6 Å². The molecule has 0 aliphatic carbocycles. The predicted molar refractivity (Wildman–Crippen MR) is 143 cm³/mol. The number of pyridine rings is 2. The van der Waals surface area contributed by atoms with Crippen molar-refractivity contribution in [2.24, 2.45) is 0 Å². The predicted octanol–water partition coefficient (Wildman–Crippen LogP) is 5.80. The zero-order valence-electron chi connectivity index (χ0n) is 21.3. The molecule has 0 saturated carbocycles. The van der Waals surface area contributed by atoms with E-state index >= 15 is 0 Å². The molecule has 206 valence electrons. The summed E-state index contributed by atoms with van der Waals surface area (Å²) >= 11 is 6.39. The normalized spacial score (nSPS) is 14.9. The molecule has 0 fully saturated rings. The molecule has 4 heterocycles. The second kappa shape index (κ2) is 11.1. The lowest BCUT2D eigenvalue weighted by molar-refractivity contribution is -0.141. The van der Waals surface area contributed by atoms with Gasteiger partial charge in [-0.2, -0.15) is 18.3 Å². The number of anilines is 2. The van der Waals surface area contributed by atoms with Crippen molar-refractivity contribution in [3.63, 3.8) is 0 Å². The van der Waals surface area contributed by atoms with Gasteiger partial charge in [0.1, 0.15) is 11.4 Å². The summed E-state index contributed by atoms with van der Waals surface area (Å²) in [6.07, 6.45) is 1.84. The summed E-state index contributed by atoms with van der Waals surface area (Å²) in [6, 6.07) is 13.0. The van der Waals surface area contributed by atoms with Crippen molar-refractivity contribution < 1.29 is 22.8 Å². The fourth-order valence-corrected chi connectivity index (χ4v) is 5.04. The summed E-state index contributed by atoms with van der Waals surface area (Å²) in [6.45, 7) is 2.24. The number of carbonyl (C=O) groups is 2. The lowest BCUT2D eigenvalue weighted by Gasteiger charge is -2.21. The SMILES string of the molecule is CCN(C(=O)CCC1C(=O)N(Cc2ccc(C(F)(F)F)nc2)c2ccccc21)c1cn(-c2cccnc2)nc1Cl. The van der Waals surface area contributed by atoms with Crippen molar-refractivity contribution in [1.29, 1.82) is 0 Å². The molecule has 12 heteroatoms. The maximum Gasteiger partial charge on any atom is 0.433 e. The maximum absolute atomic E-state index is 13.5. The molecular weight excluding hydrogens is 545 g/mol. The quantitative estimate of drug-likeness (QED) is 0.268. The Balaban J connectivity index is 1.31. The monoisotopic (exact) mass is 568 g/mol. The van der Waals surface area contributed by atoms with Crippen LogP contribution in [0.4, 0.5) is 24.5 Å². The van der Waals surface area contributed by atoms with Crippen LogP contribution in [0.15, 0.2) is 73.3 Å². The van der Waals surface area contributed by atoms with Gasteiger partial charge in [0, 0.05) is 31.0 Å². The van der Waals surface area contributed by atoms with Crippen molar-refractivity contribution >= 4 is 34.8 Å². The summed E-state index contributed by atoms with van der Waals surface area (Å²) in [5.41, 5.74) is 2.05. The Morgan fingerprint density at radius 3 is 2.58 bits per heavy atom. The smallest absolute Gasteiger partial charge is 0.309 e. The molecule has 2 amide bonds. The van der Waals surface area contributed by atoms with E-state index in [1.165, 1.54) is 15.9 Å². The molecule has 0 radical (unpaired) electrons. The molecule has 1 atom stereocenters. The first-order valence-corrected chi connectivity index (χ1v) is 12.9. The van der Waals surface area contributed by atoms with E-state index in [2.05, 4.69) is 15.1 Å². The van der Waals surface area contributed by atoms with E-state index in [0.29, 0.717) is 29.2 Å². The summed E-state index contributed by atoms with van der Waals surface area (Å²) in [4.78, 5) is 37.5. The molecule has 4 aromatic rings. The van der Waals surface area contributed by atoms with Crippen LogP contribution in [0.1, 0.15) is 42.5 Å². The second-order valence-electron chi connectivity index (χ2n) is 9.22. The first kappa shape index (κ1) is 27.3. The molecule has 8 nitrogen and oxygen atoms in total. The topological polar surface area (TPSA) is 84.2 Å². The number of aromatic nitrogens is 4. The van der Waals surface area contributed by atoms with Crippen LogP contribution in [0, 0.1) is 0 Å². The zero-order valence-corrected chi connectivity index (χ0v) is 22.1. The van der Waals surface area contributed by atoms with Crippen molar-refractivity contribution in [3.8, 4) is 5.69 Å². The third-order valence-corrected chi connectivity index (χ3v) is 7.01. The average Bonchev–Trinajstić information content (AvgIpc) is 3.45. The fraction of sp³-hybridized carbons (Fsp3) is 0.250. The number of carbonyl (C=O) groups excluding carboxylic acids is 2. The third kappa shape index (κ3) is 5.42. The van der Waals surface area contributed by atoms with Crippen LogP contribution < -0.4 is 9.80 Å². The minimum Gasteiger partial charge on any atom is -0.309 e. The number of amides is 2. The van der Waals surface area contributed by atoms with Crippen LogP contribution in [0.2, 0.25) is 5.15 Å². The number of rotatable bonds is 8. The van der Waals surface area contributed by atoms with Crippen LogP contribution in [0.5, 0.6) is 0 Å². The Kier molecular flexibility index (Phi) is 7.57. The van der Waals surface area contributed by atoms with E-state index in [4.69, 9.17) is 11.6 Å². The highest BCUT2D eigenvalue weighted by Gasteiger charge is 2.38. The largest absolute Gasteiger partial charge is 0.433 e. The lowest BCUT2D eigenvalue weighted by atomic mass is 9.95. The van der Waals surface area contributed by atoms with Gasteiger partial charge in [-0.1, -0.05) is 35.9 Å². The Morgan fingerprint density at radius 2 is 1.90 bits per heavy atom. The average molecular weight is 569 g/mol. The Morgan fingerprint density at radius 1 is 1.10 bits per heavy atom. The maximum atomic E-state index is 13.5. The Hall–Kier alpha value is -4.25. The van der Waals surface area contributed by atoms with Gasteiger partial charge in [0.15, 0.2) is 5.15 Å². The van der Waals surface area contributed by atoms with Gasteiger partial charge in [-0.3, -0.25) is 19.6 Å². The number of benzene rings is 1. The van der Waals surface area contributed by atoms with E-state index in [9.17, 15) is 22.8 Å². The van der Waals surface area contributed by atoms with Crippen LogP contribution in [-0.2, 0) is 22.3 Å². The minimum absolute atomic E-state index is 0.0651. The van der Waals surface area contributed by atoms with Gasteiger partial charge in [0.05, 0.1) is 30.5 Å². The molecule has 5 rings (SSSR count). The van der Waals surface area contributed by atoms with Gasteiger partial charge >= 0.3 is 6.18 Å². The van der Waals surface area contributed by atoms with E-state index in [1.807, 2.05) is 25.1 Å². The lowest BCUT2D eigenvalue weighted by Crippen LogP contribution is -2.32.